The first-order valence-electron chi connectivity index (χ1n) is 10.8. The summed E-state index contributed by atoms with van der Waals surface area (Å²) in [6.45, 7) is 11.2. The molecule has 3 N–H and O–H groups in total. The number of amides is 1. The van der Waals surface area contributed by atoms with Gasteiger partial charge in [0.2, 0.25) is 0 Å². The Kier molecular flexibility index (Phi) is 10.7. The maximum atomic E-state index is 12.0. The van der Waals surface area contributed by atoms with Crippen LogP contribution in [-0.4, -0.2) is 44.7 Å². The van der Waals surface area contributed by atoms with E-state index < -0.39 is 0 Å². The summed E-state index contributed by atoms with van der Waals surface area (Å²) in [6, 6.07) is 9.73. The predicted molar refractivity (Wildman–Crippen MR) is 128 cm³/mol. The summed E-state index contributed by atoms with van der Waals surface area (Å²) in [6.07, 6.45) is 0.764. The largest absolute Gasteiger partial charge is 0.490 e. The number of benzene rings is 1. The summed E-state index contributed by atoms with van der Waals surface area (Å²) in [4.78, 5) is 17.3. The topological polar surface area (TPSA) is 84.0 Å². The predicted octanol–water partition coefficient (Wildman–Crippen LogP) is 3.98. The Morgan fingerprint density at radius 3 is 2.55 bits per heavy atom. The highest BCUT2D eigenvalue weighted by atomic mass is 32.1. The van der Waals surface area contributed by atoms with E-state index in [1.165, 1.54) is 11.3 Å². The van der Waals surface area contributed by atoms with Gasteiger partial charge in [0, 0.05) is 19.6 Å². The molecule has 2 rings (SSSR count). The Morgan fingerprint density at radius 2 is 1.87 bits per heavy atom. The summed E-state index contributed by atoms with van der Waals surface area (Å²) < 4.78 is 11.4. The molecular formula is C23H34N4O3S. The lowest BCUT2D eigenvalue weighted by atomic mass is 10.1. The van der Waals surface area contributed by atoms with Crippen LogP contribution in [0.2, 0.25) is 0 Å². The number of hydrogen-bond acceptors (Lipinski definition) is 5. The van der Waals surface area contributed by atoms with Crippen molar-refractivity contribution in [3.8, 4) is 11.5 Å². The molecule has 0 saturated heterocycles. The van der Waals surface area contributed by atoms with Crippen molar-refractivity contribution in [3.05, 3.63) is 46.2 Å². The molecule has 2 aromatic rings. The fourth-order valence-corrected chi connectivity index (χ4v) is 3.55. The zero-order valence-electron chi connectivity index (χ0n) is 18.9. The molecule has 0 bridgehead atoms. The summed E-state index contributed by atoms with van der Waals surface area (Å²) in [5.74, 6) is 2.22. The second-order valence-electron chi connectivity index (χ2n) is 6.79. The summed E-state index contributed by atoms with van der Waals surface area (Å²) >= 11 is 1.44. The Hall–Kier alpha value is -2.74. The Bertz CT molecular complexity index is 824. The minimum atomic E-state index is -0.0294. The molecule has 1 amide bonds. The van der Waals surface area contributed by atoms with Gasteiger partial charge in [0.15, 0.2) is 17.5 Å². The van der Waals surface area contributed by atoms with Crippen LogP contribution in [0.4, 0.5) is 0 Å². The summed E-state index contributed by atoms with van der Waals surface area (Å²) in [7, 11) is 0. The average molecular weight is 447 g/mol. The molecule has 0 fully saturated rings. The number of carbonyl (C=O) groups excluding carboxylic acids is 1. The normalized spacial score (nSPS) is 12.2. The minimum absolute atomic E-state index is 0.0294. The van der Waals surface area contributed by atoms with E-state index in [-0.39, 0.29) is 11.9 Å². The fraction of sp³-hybridized carbons (Fsp3) is 0.478. The van der Waals surface area contributed by atoms with Gasteiger partial charge in [-0.2, -0.15) is 0 Å². The second kappa shape index (κ2) is 13.5. The number of thiophene rings is 1. The SMILES string of the molecule is CCNC(=NCCCNC(=O)c1cccs1)NC(C)c1ccc(OCC)c(OCC)c1. The number of nitrogens with one attached hydrogen (secondary N) is 3. The lowest BCUT2D eigenvalue weighted by Crippen LogP contribution is -2.39. The summed E-state index contributed by atoms with van der Waals surface area (Å²) in [5.41, 5.74) is 1.08. The van der Waals surface area contributed by atoms with Crippen LogP contribution in [0.1, 0.15) is 55.4 Å². The zero-order chi connectivity index (χ0) is 22.5. The standard InChI is InChI=1S/C23H34N4O3S/c1-5-24-23(26-14-9-13-25-22(28)21-10-8-15-31-21)27-17(4)18-11-12-19(29-6-2)20(16-18)30-7-3/h8,10-12,15-17H,5-7,9,13-14H2,1-4H3,(H,25,28)(H2,24,26,27). The van der Waals surface area contributed by atoms with Gasteiger partial charge in [-0.15, -0.1) is 11.3 Å². The first kappa shape index (κ1) is 24.5. The van der Waals surface area contributed by atoms with E-state index in [2.05, 4.69) is 27.9 Å². The van der Waals surface area contributed by atoms with Gasteiger partial charge in [-0.25, -0.2) is 0 Å². The molecule has 1 atom stereocenters. The number of rotatable bonds is 12. The quantitative estimate of drug-likeness (QED) is 0.261. The van der Waals surface area contributed by atoms with E-state index in [0.29, 0.717) is 26.3 Å². The van der Waals surface area contributed by atoms with Crippen molar-refractivity contribution in [2.45, 2.75) is 40.2 Å². The van der Waals surface area contributed by atoms with E-state index in [1.807, 2.05) is 56.5 Å². The molecule has 0 radical (unpaired) electrons. The van der Waals surface area contributed by atoms with Crippen molar-refractivity contribution in [1.29, 1.82) is 0 Å². The molecule has 0 saturated carbocycles. The van der Waals surface area contributed by atoms with Crippen LogP contribution in [0, 0.1) is 0 Å². The Labute approximate surface area is 189 Å². The number of nitrogens with zero attached hydrogens (tertiary/aromatic N) is 1. The van der Waals surface area contributed by atoms with Gasteiger partial charge in [0.25, 0.3) is 5.91 Å². The van der Waals surface area contributed by atoms with Gasteiger partial charge in [0.1, 0.15) is 0 Å². The third-order valence-corrected chi connectivity index (χ3v) is 5.27. The highest BCUT2D eigenvalue weighted by Crippen LogP contribution is 2.30. The highest BCUT2D eigenvalue weighted by Gasteiger charge is 2.12. The molecule has 0 spiro atoms. The monoisotopic (exact) mass is 446 g/mol. The molecule has 1 aromatic carbocycles. The van der Waals surface area contributed by atoms with Gasteiger partial charge in [-0.1, -0.05) is 12.1 Å². The van der Waals surface area contributed by atoms with Crippen molar-refractivity contribution < 1.29 is 14.3 Å². The molecule has 1 unspecified atom stereocenters. The maximum Gasteiger partial charge on any atom is 0.261 e. The number of carbonyl (C=O) groups is 1. The third kappa shape index (κ3) is 8.13. The molecule has 31 heavy (non-hydrogen) atoms. The summed E-state index contributed by atoms with van der Waals surface area (Å²) in [5, 5.41) is 11.5. The first-order valence-corrected chi connectivity index (χ1v) is 11.7. The van der Waals surface area contributed by atoms with Gasteiger partial charge >= 0.3 is 0 Å². The molecule has 8 heteroatoms. The molecule has 170 valence electrons. The molecule has 1 heterocycles. The van der Waals surface area contributed by atoms with E-state index in [9.17, 15) is 4.79 Å². The first-order chi connectivity index (χ1) is 15.1. The van der Waals surface area contributed by atoms with Crippen LogP contribution >= 0.6 is 11.3 Å². The van der Waals surface area contributed by atoms with Crippen LogP contribution in [0.25, 0.3) is 0 Å². The van der Waals surface area contributed by atoms with E-state index >= 15 is 0 Å². The average Bonchev–Trinajstić information content (AvgIpc) is 3.30. The van der Waals surface area contributed by atoms with Crippen molar-refractivity contribution >= 4 is 23.2 Å². The smallest absolute Gasteiger partial charge is 0.261 e. The van der Waals surface area contributed by atoms with E-state index in [1.54, 1.807) is 0 Å². The zero-order valence-corrected chi connectivity index (χ0v) is 19.7. The van der Waals surface area contributed by atoms with Crippen LogP contribution < -0.4 is 25.4 Å². The Balaban J connectivity index is 1.90. The molecule has 7 nitrogen and oxygen atoms in total. The van der Waals surface area contributed by atoms with Crippen LogP contribution in [0.5, 0.6) is 11.5 Å². The third-order valence-electron chi connectivity index (χ3n) is 4.40. The number of ether oxygens (including phenoxy) is 2. The van der Waals surface area contributed by atoms with E-state index in [0.717, 1.165) is 40.9 Å². The molecular weight excluding hydrogens is 412 g/mol. The van der Waals surface area contributed by atoms with Gasteiger partial charge < -0.3 is 25.4 Å². The Morgan fingerprint density at radius 1 is 1.10 bits per heavy atom. The van der Waals surface area contributed by atoms with Crippen molar-refractivity contribution in [3.63, 3.8) is 0 Å². The van der Waals surface area contributed by atoms with Crippen molar-refractivity contribution in [2.75, 3.05) is 32.8 Å². The van der Waals surface area contributed by atoms with Crippen LogP contribution in [-0.2, 0) is 0 Å². The highest BCUT2D eigenvalue weighted by molar-refractivity contribution is 7.12. The van der Waals surface area contributed by atoms with Gasteiger partial charge in [-0.05, 0) is 63.3 Å². The minimum Gasteiger partial charge on any atom is -0.490 e. The van der Waals surface area contributed by atoms with Gasteiger partial charge in [-0.3, -0.25) is 9.79 Å². The lowest BCUT2D eigenvalue weighted by molar-refractivity contribution is 0.0957. The van der Waals surface area contributed by atoms with E-state index in [4.69, 9.17) is 9.47 Å². The van der Waals surface area contributed by atoms with Crippen molar-refractivity contribution in [2.24, 2.45) is 4.99 Å². The number of aliphatic imine (C=N–C) groups is 1. The van der Waals surface area contributed by atoms with Crippen LogP contribution in [0.3, 0.4) is 0 Å². The van der Waals surface area contributed by atoms with Crippen molar-refractivity contribution in [1.82, 2.24) is 16.0 Å². The lowest BCUT2D eigenvalue weighted by Gasteiger charge is -2.20. The molecule has 1 aromatic heterocycles. The molecule has 0 aliphatic carbocycles. The number of guanidine groups is 1. The number of hydrogen-bond donors (Lipinski definition) is 3. The molecule has 0 aliphatic heterocycles. The fourth-order valence-electron chi connectivity index (χ4n) is 2.91. The molecule has 0 aliphatic rings. The van der Waals surface area contributed by atoms with Crippen LogP contribution in [0.15, 0.2) is 40.7 Å². The second-order valence-corrected chi connectivity index (χ2v) is 7.73. The maximum absolute atomic E-state index is 12.0. The van der Waals surface area contributed by atoms with Gasteiger partial charge in [0.05, 0.1) is 24.1 Å².